The third-order valence-corrected chi connectivity index (χ3v) is 8.71. The lowest BCUT2D eigenvalue weighted by atomic mass is 9.91. The number of piperidine rings is 1. The van der Waals surface area contributed by atoms with Crippen molar-refractivity contribution in [1.29, 1.82) is 0 Å². The van der Waals surface area contributed by atoms with Crippen LogP contribution in [0.2, 0.25) is 0 Å². The molecule has 12 nitrogen and oxygen atoms in total. The van der Waals surface area contributed by atoms with E-state index >= 15 is 0 Å². The number of alkyl halides is 6. The van der Waals surface area contributed by atoms with E-state index in [1.165, 1.54) is 0 Å². The molecule has 0 spiro atoms. The molecule has 230 valence electrons. The summed E-state index contributed by atoms with van der Waals surface area (Å²) in [6.07, 6.45) is -10.1. The number of anilines is 1. The van der Waals surface area contributed by atoms with Gasteiger partial charge < -0.3 is 26.0 Å². The van der Waals surface area contributed by atoms with Gasteiger partial charge in [0.1, 0.15) is 0 Å². The van der Waals surface area contributed by atoms with Crippen molar-refractivity contribution in [3.8, 4) is 0 Å². The van der Waals surface area contributed by atoms with Crippen molar-refractivity contribution in [3.05, 3.63) is 29.1 Å². The molecule has 19 heteroatoms. The molecule has 3 aliphatic rings. The number of halogens is 6. The quantitative estimate of drug-likeness (QED) is 0.248. The van der Waals surface area contributed by atoms with E-state index in [1.54, 1.807) is 0 Å². The summed E-state index contributed by atoms with van der Waals surface area (Å²) in [4.78, 5) is 12.9. The minimum atomic E-state index is -6.11. The van der Waals surface area contributed by atoms with E-state index in [4.69, 9.17) is 10.5 Å². The molecule has 4 rings (SSSR count). The first-order chi connectivity index (χ1) is 19.0. The largest absolute Gasteiger partial charge is 0.430 e. The first-order valence-corrected chi connectivity index (χ1v) is 14.0. The summed E-state index contributed by atoms with van der Waals surface area (Å²) < 4.78 is 113. The number of morpholine rings is 1. The topological polar surface area (TPSA) is 175 Å². The molecule has 3 unspecified atom stereocenters. The SMILES string of the molecule is NC1=NC=C(S(=O)(=O)NCC(CN2C3COCC2CC(O)C3)Nc2ncc(C(O)(C(F)(F)F)C(F)(F)F)cn2)CC1. The molecule has 3 atom stereocenters. The normalized spacial score (nSPS) is 25.3. The Morgan fingerprint density at radius 3 is 2.17 bits per heavy atom. The van der Waals surface area contributed by atoms with E-state index in [-0.39, 0.29) is 61.1 Å². The second-order valence-corrected chi connectivity index (χ2v) is 11.9. The second-order valence-electron chi connectivity index (χ2n) is 10.1. The number of fused-ring (bicyclic) bond motifs is 2. The summed E-state index contributed by atoms with van der Waals surface area (Å²) >= 11 is 0. The Bertz CT molecular complexity index is 1230. The highest BCUT2D eigenvalue weighted by Crippen LogP contribution is 2.49. The van der Waals surface area contributed by atoms with E-state index in [9.17, 15) is 45.0 Å². The van der Waals surface area contributed by atoms with Crippen LogP contribution in [-0.2, 0) is 20.4 Å². The van der Waals surface area contributed by atoms with Gasteiger partial charge in [0, 0.05) is 55.8 Å². The maximum absolute atomic E-state index is 13.2. The molecule has 6 N–H and O–H groups in total. The Morgan fingerprint density at radius 2 is 1.66 bits per heavy atom. The zero-order valence-corrected chi connectivity index (χ0v) is 22.2. The molecule has 4 heterocycles. The monoisotopic (exact) mass is 617 g/mol. The number of hydrogen-bond donors (Lipinski definition) is 5. The lowest BCUT2D eigenvalue weighted by Crippen LogP contribution is -2.61. The summed E-state index contributed by atoms with van der Waals surface area (Å²) in [5.74, 6) is -0.134. The van der Waals surface area contributed by atoms with E-state index in [2.05, 4.69) is 25.0 Å². The Hall–Kier alpha value is -2.58. The third kappa shape index (κ3) is 6.75. The Balaban J connectivity index is 1.56. The van der Waals surface area contributed by atoms with Gasteiger partial charge in [-0.05, 0) is 19.3 Å². The molecule has 0 aromatic carbocycles. The number of aliphatic imine (C=N–C) groups is 1. The zero-order chi connectivity index (χ0) is 30.2. The molecular formula is C22H29F6N7O5S. The highest BCUT2D eigenvalue weighted by atomic mass is 32.2. The van der Waals surface area contributed by atoms with E-state index in [0.717, 1.165) is 6.20 Å². The molecule has 0 radical (unpaired) electrons. The Labute approximate surface area is 230 Å². The van der Waals surface area contributed by atoms with Crippen LogP contribution in [0.5, 0.6) is 0 Å². The molecule has 1 aromatic rings. The van der Waals surface area contributed by atoms with Crippen molar-refractivity contribution in [2.24, 2.45) is 10.7 Å². The fraction of sp³-hybridized carbons (Fsp3) is 0.682. The standard InChI is InChI=1S/C22H29F6N7O5S/c23-21(24,25)20(37,22(26,27)28)12-5-31-19(32-6-12)34-13(7-33-41(38,39)17-1-2-18(29)30-8-17)9-35-14-3-16(36)4-15(35)11-40-10-14/h5-6,8,13-16,33,36-37H,1-4,7,9-11H2,(H2,29,30)(H,31,32,34). The summed E-state index contributed by atoms with van der Waals surface area (Å²) in [5.41, 5.74) is -1.25. The third-order valence-electron chi connectivity index (χ3n) is 7.17. The summed E-state index contributed by atoms with van der Waals surface area (Å²) in [7, 11) is -4.02. The average Bonchev–Trinajstić information content (AvgIpc) is 2.86. The van der Waals surface area contributed by atoms with Crippen molar-refractivity contribution in [3.63, 3.8) is 0 Å². The van der Waals surface area contributed by atoms with Gasteiger partial charge in [-0.25, -0.2) is 28.1 Å². The van der Waals surface area contributed by atoms with Gasteiger partial charge in [0.15, 0.2) is 0 Å². The number of aliphatic hydroxyl groups excluding tert-OH is 1. The van der Waals surface area contributed by atoms with Crippen LogP contribution in [0.4, 0.5) is 32.3 Å². The summed E-state index contributed by atoms with van der Waals surface area (Å²) in [6, 6.07) is -1.27. The number of nitrogens with zero attached hydrogens (tertiary/aromatic N) is 4. The molecule has 41 heavy (non-hydrogen) atoms. The van der Waals surface area contributed by atoms with Crippen molar-refractivity contribution in [2.75, 3.05) is 31.6 Å². The van der Waals surface area contributed by atoms with Crippen molar-refractivity contribution >= 4 is 21.8 Å². The van der Waals surface area contributed by atoms with Crippen LogP contribution in [-0.4, -0.2) is 102 Å². The fourth-order valence-electron chi connectivity index (χ4n) is 4.98. The summed E-state index contributed by atoms with van der Waals surface area (Å²) in [5, 5.41) is 22.5. The van der Waals surface area contributed by atoms with Gasteiger partial charge in [-0.2, -0.15) is 26.3 Å². The van der Waals surface area contributed by atoms with Gasteiger partial charge in [-0.1, -0.05) is 0 Å². The number of aromatic nitrogens is 2. The molecule has 0 aliphatic carbocycles. The molecule has 2 bridgehead atoms. The van der Waals surface area contributed by atoms with Crippen LogP contribution >= 0.6 is 0 Å². The lowest BCUT2D eigenvalue weighted by Gasteiger charge is -2.48. The van der Waals surface area contributed by atoms with Gasteiger partial charge in [0.05, 0.1) is 36.1 Å². The van der Waals surface area contributed by atoms with Crippen molar-refractivity contribution in [1.82, 2.24) is 19.6 Å². The Kier molecular flexibility index (Phi) is 8.87. The molecule has 1 aromatic heterocycles. The number of sulfonamides is 1. The number of nitrogens with one attached hydrogen (secondary N) is 2. The second kappa shape index (κ2) is 11.6. The van der Waals surface area contributed by atoms with Crippen LogP contribution in [0.15, 0.2) is 28.5 Å². The maximum Gasteiger partial charge on any atom is 0.430 e. The minimum absolute atomic E-state index is 0.0176. The number of ether oxygens (including phenoxy) is 1. The maximum atomic E-state index is 13.2. The molecule has 0 amide bonds. The number of nitrogens with two attached hydrogens (primary N) is 1. The van der Waals surface area contributed by atoms with Gasteiger partial charge in [0.2, 0.25) is 16.0 Å². The molecule has 0 saturated carbocycles. The molecular weight excluding hydrogens is 588 g/mol. The molecule has 2 saturated heterocycles. The van der Waals surface area contributed by atoms with Gasteiger partial charge in [-0.3, -0.25) is 4.90 Å². The van der Waals surface area contributed by atoms with Crippen LogP contribution in [0.25, 0.3) is 0 Å². The van der Waals surface area contributed by atoms with Crippen LogP contribution in [0, 0.1) is 0 Å². The first-order valence-electron chi connectivity index (χ1n) is 12.5. The first kappa shape index (κ1) is 31.4. The average molecular weight is 618 g/mol. The van der Waals surface area contributed by atoms with Crippen LogP contribution in [0.1, 0.15) is 31.2 Å². The van der Waals surface area contributed by atoms with E-state index in [1.807, 2.05) is 4.90 Å². The van der Waals surface area contributed by atoms with Gasteiger partial charge >= 0.3 is 12.4 Å². The highest BCUT2D eigenvalue weighted by molar-refractivity contribution is 7.93. The van der Waals surface area contributed by atoms with E-state index in [0.29, 0.717) is 26.1 Å². The van der Waals surface area contributed by atoms with Crippen molar-refractivity contribution < 1.29 is 49.7 Å². The van der Waals surface area contributed by atoms with Gasteiger partial charge in [-0.15, -0.1) is 0 Å². The number of amidine groups is 1. The summed E-state index contributed by atoms with van der Waals surface area (Å²) in [6.45, 7) is 0.463. The minimum Gasteiger partial charge on any atom is -0.393 e. The highest BCUT2D eigenvalue weighted by Gasteiger charge is 2.71. The zero-order valence-electron chi connectivity index (χ0n) is 21.4. The molecule has 3 aliphatic heterocycles. The number of aliphatic hydroxyl groups is 2. The van der Waals surface area contributed by atoms with E-state index < -0.39 is 51.6 Å². The number of allylic oxidation sites excluding steroid dienone is 1. The molecule has 2 fully saturated rings. The lowest BCUT2D eigenvalue weighted by molar-refractivity contribution is -0.376. The fourth-order valence-corrected chi connectivity index (χ4v) is 6.15. The predicted molar refractivity (Wildman–Crippen MR) is 132 cm³/mol. The Morgan fingerprint density at radius 1 is 1.07 bits per heavy atom. The van der Waals surface area contributed by atoms with Crippen LogP contribution < -0.4 is 15.8 Å². The van der Waals surface area contributed by atoms with Crippen molar-refractivity contribution in [2.45, 2.75) is 67.9 Å². The predicted octanol–water partition coefficient (Wildman–Crippen LogP) is 0.705. The van der Waals surface area contributed by atoms with Crippen LogP contribution in [0.3, 0.4) is 0 Å². The number of hydrogen-bond acceptors (Lipinski definition) is 11. The smallest absolute Gasteiger partial charge is 0.393 e. The number of rotatable bonds is 9. The van der Waals surface area contributed by atoms with Gasteiger partial charge in [0.25, 0.3) is 5.60 Å².